The molecule has 0 aliphatic carbocycles. The molecule has 0 atom stereocenters. The van der Waals surface area contributed by atoms with E-state index < -0.39 is 0 Å². The van der Waals surface area contributed by atoms with Gasteiger partial charge in [0.05, 0.1) is 22.0 Å². The third-order valence-electron chi connectivity index (χ3n) is 5.66. The van der Waals surface area contributed by atoms with Gasteiger partial charge in [0, 0.05) is 18.7 Å². The number of aromatic nitrogens is 4. The Bertz CT molecular complexity index is 1030. The molecule has 3 aromatic rings. The largest absolute Gasteiger partial charge is 0.344 e. The van der Waals surface area contributed by atoms with Crippen molar-refractivity contribution >= 4 is 22.1 Å². The quantitative estimate of drug-likeness (QED) is 0.539. The van der Waals surface area contributed by atoms with E-state index in [-0.39, 0.29) is 0 Å². The predicted octanol–water partition coefficient (Wildman–Crippen LogP) is 5.45. The molecule has 0 aromatic carbocycles. The zero-order valence-electron chi connectivity index (χ0n) is 17.5. The lowest BCUT2D eigenvalue weighted by Crippen LogP contribution is -2.26. The van der Waals surface area contributed by atoms with E-state index in [0.717, 1.165) is 65.9 Å². The lowest BCUT2D eigenvalue weighted by Gasteiger charge is -2.22. The number of fused-ring (bicyclic) bond motifs is 1. The van der Waals surface area contributed by atoms with Gasteiger partial charge in [-0.15, -0.1) is 0 Å². The smallest absolute Gasteiger partial charge is 0.186 e. The monoisotopic (exact) mass is 395 g/mol. The van der Waals surface area contributed by atoms with Crippen molar-refractivity contribution in [2.24, 2.45) is 0 Å². The van der Waals surface area contributed by atoms with E-state index in [9.17, 15) is 0 Å². The minimum absolute atomic E-state index is 0.511. The topological polar surface area (TPSA) is 46.3 Å². The fourth-order valence-corrected chi connectivity index (χ4v) is 5.30. The third kappa shape index (κ3) is 3.24. The number of hydrogen-bond acceptors (Lipinski definition) is 5. The van der Waals surface area contributed by atoms with E-state index in [1.165, 1.54) is 10.4 Å². The van der Waals surface area contributed by atoms with Crippen molar-refractivity contribution in [2.45, 2.75) is 59.8 Å². The fraction of sp³-hybridized carbons (Fsp3) is 0.500. The first-order valence-corrected chi connectivity index (χ1v) is 11.1. The van der Waals surface area contributed by atoms with Crippen LogP contribution in [0.25, 0.3) is 16.2 Å². The predicted molar refractivity (Wildman–Crippen MR) is 118 cm³/mol. The standard InChI is InChI=1S/C22H29N5S/c1-6-17(7-2)18-13-14(3)25-27-19(15(4)23-21(18)27)20-16(5)24-22(28-20)26-11-9-8-10-12-26/h8-9,13,17H,6-7,10-12H2,1-5H3. The number of anilines is 1. The summed E-state index contributed by atoms with van der Waals surface area (Å²) in [4.78, 5) is 13.4. The van der Waals surface area contributed by atoms with Crippen LogP contribution in [0.5, 0.6) is 0 Å². The molecule has 4 heterocycles. The number of thiazole rings is 1. The van der Waals surface area contributed by atoms with Crippen molar-refractivity contribution in [1.29, 1.82) is 0 Å². The third-order valence-corrected chi connectivity index (χ3v) is 6.89. The molecular formula is C22H29N5S. The Balaban J connectivity index is 1.87. The van der Waals surface area contributed by atoms with E-state index in [0.29, 0.717) is 5.92 Å². The van der Waals surface area contributed by atoms with Gasteiger partial charge >= 0.3 is 0 Å². The Hall–Kier alpha value is -2.21. The average molecular weight is 396 g/mol. The average Bonchev–Trinajstić information content (AvgIpc) is 3.22. The summed E-state index contributed by atoms with van der Waals surface area (Å²) in [5.41, 5.74) is 6.54. The van der Waals surface area contributed by atoms with E-state index in [2.05, 4.69) is 62.3 Å². The summed E-state index contributed by atoms with van der Waals surface area (Å²) >= 11 is 1.76. The Morgan fingerprint density at radius 1 is 1.07 bits per heavy atom. The van der Waals surface area contributed by atoms with Gasteiger partial charge in [-0.1, -0.05) is 37.3 Å². The summed E-state index contributed by atoms with van der Waals surface area (Å²) in [5.74, 6) is 0.511. The molecule has 0 spiro atoms. The summed E-state index contributed by atoms with van der Waals surface area (Å²) < 4.78 is 2.07. The van der Waals surface area contributed by atoms with Crippen molar-refractivity contribution in [3.05, 3.63) is 40.9 Å². The van der Waals surface area contributed by atoms with Crippen LogP contribution in [-0.4, -0.2) is 32.7 Å². The maximum atomic E-state index is 4.96. The van der Waals surface area contributed by atoms with Crippen LogP contribution in [0.2, 0.25) is 0 Å². The van der Waals surface area contributed by atoms with Crippen LogP contribution in [-0.2, 0) is 0 Å². The molecule has 0 bridgehead atoms. The molecule has 5 nitrogen and oxygen atoms in total. The van der Waals surface area contributed by atoms with Crippen LogP contribution in [0.3, 0.4) is 0 Å². The molecule has 0 radical (unpaired) electrons. The highest BCUT2D eigenvalue weighted by atomic mass is 32.1. The van der Waals surface area contributed by atoms with E-state index >= 15 is 0 Å². The second-order valence-electron chi connectivity index (χ2n) is 7.65. The molecule has 1 aliphatic rings. The van der Waals surface area contributed by atoms with Crippen molar-refractivity contribution in [3.8, 4) is 10.6 Å². The fourth-order valence-electron chi connectivity index (χ4n) is 4.12. The van der Waals surface area contributed by atoms with Gasteiger partial charge < -0.3 is 4.90 Å². The van der Waals surface area contributed by atoms with Crippen LogP contribution in [0.15, 0.2) is 18.2 Å². The highest BCUT2D eigenvalue weighted by Crippen LogP contribution is 2.38. The minimum atomic E-state index is 0.511. The molecule has 0 fully saturated rings. The molecule has 6 heteroatoms. The Kier molecular flexibility index (Phi) is 5.23. The molecule has 0 unspecified atom stereocenters. The number of aryl methyl sites for hydroxylation is 3. The lowest BCUT2D eigenvalue weighted by atomic mass is 9.95. The molecule has 0 saturated carbocycles. The molecule has 0 amide bonds. The first-order chi connectivity index (χ1) is 13.5. The highest BCUT2D eigenvalue weighted by molar-refractivity contribution is 7.19. The van der Waals surface area contributed by atoms with Gasteiger partial charge in [-0.2, -0.15) is 5.10 Å². The van der Waals surface area contributed by atoms with Gasteiger partial charge in [0.1, 0.15) is 5.69 Å². The van der Waals surface area contributed by atoms with Crippen molar-refractivity contribution in [3.63, 3.8) is 0 Å². The summed E-state index contributed by atoms with van der Waals surface area (Å²) in [7, 11) is 0. The molecule has 28 heavy (non-hydrogen) atoms. The maximum absolute atomic E-state index is 4.96. The molecule has 4 rings (SSSR count). The number of hydrogen-bond donors (Lipinski definition) is 0. The summed E-state index contributed by atoms with van der Waals surface area (Å²) in [6, 6.07) is 2.22. The zero-order valence-corrected chi connectivity index (χ0v) is 18.3. The Labute approximate surface area is 171 Å². The Morgan fingerprint density at radius 2 is 1.86 bits per heavy atom. The summed E-state index contributed by atoms with van der Waals surface area (Å²) in [6.07, 6.45) is 7.79. The van der Waals surface area contributed by atoms with Gasteiger partial charge in [-0.25, -0.2) is 14.5 Å². The van der Waals surface area contributed by atoms with Crippen LogP contribution in [0, 0.1) is 20.8 Å². The number of imidazole rings is 1. The number of nitrogens with zero attached hydrogens (tertiary/aromatic N) is 5. The number of rotatable bonds is 5. The normalized spacial score (nSPS) is 14.6. The first-order valence-electron chi connectivity index (χ1n) is 10.3. The van der Waals surface area contributed by atoms with E-state index in [1.807, 2.05) is 0 Å². The van der Waals surface area contributed by atoms with Gasteiger partial charge in [-0.3, -0.25) is 0 Å². The maximum Gasteiger partial charge on any atom is 0.186 e. The van der Waals surface area contributed by atoms with Crippen molar-refractivity contribution in [1.82, 2.24) is 19.6 Å². The van der Waals surface area contributed by atoms with Crippen LogP contribution >= 0.6 is 11.3 Å². The molecule has 3 aromatic heterocycles. The molecule has 1 aliphatic heterocycles. The molecule has 0 saturated heterocycles. The van der Waals surface area contributed by atoms with E-state index in [4.69, 9.17) is 15.1 Å². The SMILES string of the molecule is CCC(CC)c1cc(C)nn2c(-c3sc(N4CC=CCC4)nc3C)c(C)nc12. The van der Waals surface area contributed by atoms with Crippen LogP contribution in [0.4, 0.5) is 5.13 Å². The molecule has 148 valence electrons. The second-order valence-corrected chi connectivity index (χ2v) is 8.63. The van der Waals surface area contributed by atoms with Crippen LogP contribution in [0.1, 0.15) is 61.7 Å². The van der Waals surface area contributed by atoms with Crippen molar-refractivity contribution < 1.29 is 0 Å². The van der Waals surface area contributed by atoms with Crippen LogP contribution < -0.4 is 4.90 Å². The van der Waals surface area contributed by atoms with Gasteiger partial charge in [0.2, 0.25) is 0 Å². The Morgan fingerprint density at radius 3 is 2.54 bits per heavy atom. The molecular weight excluding hydrogens is 366 g/mol. The van der Waals surface area contributed by atoms with Gasteiger partial charge in [0.25, 0.3) is 0 Å². The van der Waals surface area contributed by atoms with Gasteiger partial charge in [-0.05, 0) is 52.0 Å². The first kappa shape index (κ1) is 19.1. The second kappa shape index (κ2) is 7.66. The van der Waals surface area contributed by atoms with Gasteiger partial charge in [0.15, 0.2) is 10.8 Å². The van der Waals surface area contributed by atoms with E-state index in [1.54, 1.807) is 11.3 Å². The summed E-state index contributed by atoms with van der Waals surface area (Å²) in [6.45, 7) is 12.8. The molecule has 0 N–H and O–H groups in total. The highest BCUT2D eigenvalue weighted by Gasteiger charge is 2.23. The van der Waals surface area contributed by atoms with Crippen molar-refractivity contribution in [2.75, 3.05) is 18.0 Å². The minimum Gasteiger partial charge on any atom is -0.344 e. The lowest BCUT2D eigenvalue weighted by molar-refractivity contribution is 0.638. The zero-order chi connectivity index (χ0) is 19.8. The summed E-state index contributed by atoms with van der Waals surface area (Å²) in [5, 5.41) is 5.95.